The summed E-state index contributed by atoms with van der Waals surface area (Å²) >= 11 is 0. The highest BCUT2D eigenvalue weighted by atomic mass is 15.1. The van der Waals surface area contributed by atoms with E-state index in [2.05, 4.69) is 83.8 Å². The first-order valence-corrected chi connectivity index (χ1v) is 8.49. The van der Waals surface area contributed by atoms with Crippen LogP contribution in [0.5, 0.6) is 0 Å². The molecule has 0 spiro atoms. The predicted octanol–water partition coefficient (Wildman–Crippen LogP) is 5.07. The van der Waals surface area contributed by atoms with Crippen LogP contribution in [0.1, 0.15) is 27.9 Å². The first kappa shape index (κ1) is 17.0. The van der Waals surface area contributed by atoms with E-state index in [1.165, 1.54) is 22.3 Å². The summed E-state index contributed by atoms with van der Waals surface area (Å²) in [5.41, 5.74) is 6.84. The summed E-state index contributed by atoms with van der Waals surface area (Å²) in [4.78, 5) is 9.11. The van der Waals surface area contributed by atoms with Crippen molar-refractivity contribution in [2.45, 2.75) is 34.2 Å². The third-order valence-electron chi connectivity index (χ3n) is 4.05. The molecule has 0 aliphatic heterocycles. The summed E-state index contributed by atoms with van der Waals surface area (Å²) in [6, 6.07) is 16.7. The molecule has 0 aliphatic carbocycles. The Morgan fingerprint density at radius 3 is 2.44 bits per heavy atom. The maximum atomic E-state index is 4.60. The molecule has 128 valence electrons. The molecule has 0 saturated heterocycles. The summed E-state index contributed by atoms with van der Waals surface area (Å²) in [5.74, 6) is 1.43. The van der Waals surface area contributed by atoms with E-state index < -0.39 is 0 Å². The van der Waals surface area contributed by atoms with Crippen molar-refractivity contribution in [3.05, 3.63) is 76.5 Å². The van der Waals surface area contributed by atoms with Crippen LogP contribution in [0, 0.1) is 27.7 Å². The molecule has 0 bridgehead atoms. The Hall–Kier alpha value is -2.88. The third-order valence-corrected chi connectivity index (χ3v) is 4.05. The van der Waals surface area contributed by atoms with E-state index in [1.807, 2.05) is 13.0 Å². The molecule has 25 heavy (non-hydrogen) atoms. The number of benzene rings is 2. The van der Waals surface area contributed by atoms with E-state index in [-0.39, 0.29) is 0 Å². The van der Waals surface area contributed by atoms with Gasteiger partial charge in [0.25, 0.3) is 0 Å². The lowest BCUT2D eigenvalue weighted by molar-refractivity contribution is 1.05. The standard InChI is InChI=1S/C21H24N4/c1-14-6-5-7-18(10-14)13-22-20-12-17(4)23-21(25-20)24-19-11-15(2)8-9-16(19)3/h5-12H,13H2,1-4H3,(H2,22,23,24,25). The molecule has 2 aromatic carbocycles. The Bertz CT molecular complexity index is 887. The minimum absolute atomic E-state index is 0.612. The maximum Gasteiger partial charge on any atom is 0.229 e. The van der Waals surface area contributed by atoms with Crippen molar-refractivity contribution in [3.8, 4) is 0 Å². The summed E-state index contributed by atoms with van der Waals surface area (Å²) in [6.07, 6.45) is 0. The highest BCUT2D eigenvalue weighted by molar-refractivity contribution is 5.60. The van der Waals surface area contributed by atoms with Gasteiger partial charge < -0.3 is 10.6 Å². The number of aryl methyl sites for hydroxylation is 4. The van der Waals surface area contributed by atoms with Gasteiger partial charge in [-0.2, -0.15) is 4.98 Å². The number of nitrogens with zero attached hydrogens (tertiary/aromatic N) is 2. The second kappa shape index (κ2) is 7.34. The van der Waals surface area contributed by atoms with Crippen molar-refractivity contribution in [1.82, 2.24) is 9.97 Å². The van der Waals surface area contributed by atoms with Gasteiger partial charge in [0.2, 0.25) is 5.95 Å². The SMILES string of the molecule is Cc1cccc(CNc2cc(C)nc(Nc3cc(C)ccc3C)n2)c1. The molecule has 4 heteroatoms. The average molecular weight is 332 g/mol. The number of hydrogen-bond acceptors (Lipinski definition) is 4. The molecule has 0 unspecified atom stereocenters. The fourth-order valence-corrected chi connectivity index (χ4v) is 2.72. The first-order valence-electron chi connectivity index (χ1n) is 8.49. The van der Waals surface area contributed by atoms with Crippen molar-refractivity contribution in [2.75, 3.05) is 10.6 Å². The topological polar surface area (TPSA) is 49.8 Å². The van der Waals surface area contributed by atoms with Crippen molar-refractivity contribution in [2.24, 2.45) is 0 Å². The smallest absolute Gasteiger partial charge is 0.229 e. The third kappa shape index (κ3) is 4.57. The Morgan fingerprint density at radius 2 is 1.64 bits per heavy atom. The number of aromatic nitrogens is 2. The number of hydrogen-bond donors (Lipinski definition) is 2. The zero-order chi connectivity index (χ0) is 17.8. The average Bonchev–Trinajstić information content (AvgIpc) is 2.56. The second-order valence-corrected chi connectivity index (χ2v) is 6.50. The highest BCUT2D eigenvalue weighted by Crippen LogP contribution is 2.21. The van der Waals surface area contributed by atoms with Crippen LogP contribution in [0.4, 0.5) is 17.5 Å². The van der Waals surface area contributed by atoms with E-state index in [1.54, 1.807) is 0 Å². The van der Waals surface area contributed by atoms with E-state index in [0.717, 1.165) is 23.7 Å². The number of anilines is 3. The lowest BCUT2D eigenvalue weighted by Crippen LogP contribution is -2.06. The first-order chi connectivity index (χ1) is 12.0. The molecule has 2 N–H and O–H groups in total. The fourth-order valence-electron chi connectivity index (χ4n) is 2.72. The van der Waals surface area contributed by atoms with Crippen molar-refractivity contribution < 1.29 is 0 Å². The van der Waals surface area contributed by atoms with E-state index >= 15 is 0 Å². The molecule has 0 aliphatic rings. The molecule has 0 saturated carbocycles. The van der Waals surface area contributed by atoms with Crippen LogP contribution in [0.2, 0.25) is 0 Å². The van der Waals surface area contributed by atoms with E-state index in [0.29, 0.717) is 5.95 Å². The Labute approximate surface area is 149 Å². The highest BCUT2D eigenvalue weighted by Gasteiger charge is 2.05. The lowest BCUT2D eigenvalue weighted by Gasteiger charge is -2.12. The van der Waals surface area contributed by atoms with Crippen LogP contribution in [-0.2, 0) is 6.54 Å². The summed E-state index contributed by atoms with van der Waals surface area (Å²) < 4.78 is 0. The lowest BCUT2D eigenvalue weighted by atomic mass is 10.1. The zero-order valence-electron chi connectivity index (χ0n) is 15.2. The van der Waals surface area contributed by atoms with Crippen molar-refractivity contribution >= 4 is 17.5 Å². The number of nitrogens with one attached hydrogen (secondary N) is 2. The molecule has 0 amide bonds. The quantitative estimate of drug-likeness (QED) is 0.685. The Balaban J connectivity index is 1.77. The van der Waals surface area contributed by atoms with Gasteiger partial charge in [0, 0.05) is 24.0 Å². The van der Waals surface area contributed by atoms with Crippen LogP contribution in [0.15, 0.2) is 48.5 Å². The maximum absolute atomic E-state index is 4.60. The summed E-state index contributed by atoms with van der Waals surface area (Å²) in [6.45, 7) is 8.98. The molecular formula is C21H24N4. The molecular weight excluding hydrogens is 308 g/mol. The van der Waals surface area contributed by atoms with Crippen LogP contribution in [0.3, 0.4) is 0 Å². The second-order valence-electron chi connectivity index (χ2n) is 6.50. The largest absolute Gasteiger partial charge is 0.366 e. The molecule has 0 atom stereocenters. The van der Waals surface area contributed by atoms with Crippen molar-refractivity contribution in [1.29, 1.82) is 0 Å². The molecule has 0 radical (unpaired) electrons. The van der Waals surface area contributed by atoms with Gasteiger partial charge in [0.15, 0.2) is 0 Å². The molecule has 3 aromatic rings. The van der Waals surface area contributed by atoms with Gasteiger partial charge in [-0.25, -0.2) is 4.98 Å². The normalized spacial score (nSPS) is 10.6. The van der Waals surface area contributed by atoms with Crippen LogP contribution in [0.25, 0.3) is 0 Å². The molecule has 4 nitrogen and oxygen atoms in total. The Morgan fingerprint density at radius 1 is 0.840 bits per heavy atom. The van der Waals surface area contributed by atoms with Gasteiger partial charge in [-0.05, 0) is 50.5 Å². The van der Waals surface area contributed by atoms with Crippen LogP contribution < -0.4 is 10.6 Å². The molecule has 1 heterocycles. The molecule has 1 aromatic heterocycles. The summed E-state index contributed by atoms with van der Waals surface area (Å²) in [7, 11) is 0. The zero-order valence-corrected chi connectivity index (χ0v) is 15.2. The van der Waals surface area contributed by atoms with Gasteiger partial charge in [0.05, 0.1) is 0 Å². The van der Waals surface area contributed by atoms with E-state index in [4.69, 9.17) is 0 Å². The number of rotatable bonds is 5. The minimum Gasteiger partial charge on any atom is -0.366 e. The molecule has 0 fully saturated rings. The Kier molecular flexibility index (Phi) is 4.98. The van der Waals surface area contributed by atoms with Crippen molar-refractivity contribution in [3.63, 3.8) is 0 Å². The van der Waals surface area contributed by atoms with Gasteiger partial charge in [0.1, 0.15) is 5.82 Å². The van der Waals surface area contributed by atoms with E-state index in [9.17, 15) is 0 Å². The van der Waals surface area contributed by atoms with Crippen LogP contribution in [-0.4, -0.2) is 9.97 Å². The predicted molar refractivity (Wildman–Crippen MR) is 104 cm³/mol. The summed E-state index contributed by atoms with van der Waals surface area (Å²) in [5, 5.41) is 6.73. The van der Waals surface area contributed by atoms with Gasteiger partial charge >= 0.3 is 0 Å². The van der Waals surface area contributed by atoms with Crippen LogP contribution >= 0.6 is 0 Å². The monoisotopic (exact) mass is 332 g/mol. The van der Waals surface area contributed by atoms with Gasteiger partial charge in [-0.15, -0.1) is 0 Å². The fraction of sp³-hybridized carbons (Fsp3) is 0.238. The molecule has 3 rings (SSSR count). The van der Waals surface area contributed by atoms with Gasteiger partial charge in [-0.1, -0.05) is 42.0 Å². The minimum atomic E-state index is 0.612. The van der Waals surface area contributed by atoms with Gasteiger partial charge in [-0.3, -0.25) is 0 Å².